The van der Waals surface area contributed by atoms with Gasteiger partial charge in [0, 0.05) is 24.2 Å². The highest BCUT2D eigenvalue weighted by atomic mass is 16.5. The van der Waals surface area contributed by atoms with Crippen LogP contribution in [0.3, 0.4) is 0 Å². The van der Waals surface area contributed by atoms with Crippen molar-refractivity contribution in [1.82, 2.24) is 15.5 Å². The van der Waals surface area contributed by atoms with Crippen LogP contribution in [0.1, 0.15) is 35.7 Å². The first-order valence-electron chi connectivity index (χ1n) is 9.99. The molecule has 1 saturated heterocycles. The van der Waals surface area contributed by atoms with Crippen molar-refractivity contribution in [2.45, 2.75) is 31.9 Å². The first-order valence-corrected chi connectivity index (χ1v) is 9.99. The summed E-state index contributed by atoms with van der Waals surface area (Å²) in [6.07, 6.45) is 0.829. The number of carboxylic acids is 1. The minimum Gasteiger partial charge on any atom is -0.480 e. The van der Waals surface area contributed by atoms with E-state index >= 15 is 0 Å². The van der Waals surface area contributed by atoms with E-state index in [4.69, 9.17) is 20.8 Å². The van der Waals surface area contributed by atoms with Crippen molar-refractivity contribution in [3.8, 4) is 0 Å². The van der Waals surface area contributed by atoms with Gasteiger partial charge in [0.25, 0.3) is 5.91 Å². The first-order chi connectivity index (χ1) is 15.2. The molecule has 174 valence electrons. The molecule has 32 heavy (non-hydrogen) atoms. The van der Waals surface area contributed by atoms with Crippen LogP contribution in [0.25, 0.3) is 0 Å². The molecule has 1 aromatic carbocycles. The number of oxime groups is 1. The standard InChI is InChI=1S/C20H27N5O7/c1-12(23-19(29)14-4-2-13(3-5-14)18(21)24-31)20(30)25-8-6-15(7-9-25)32-11-16(26)22-10-17(27)28/h2-5,12,15,31H,6-11H2,1H3,(H2,21,24)(H,22,26)(H,23,29)(H,27,28)/t12-/m0/s1. The van der Waals surface area contributed by atoms with Crippen LogP contribution in [-0.2, 0) is 19.1 Å². The highest BCUT2D eigenvalue weighted by Gasteiger charge is 2.27. The summed E-state index contributed by atoms with van der Waals surface area (Å²) in [5.41, 5.74) is 6.27. The van der Waals surface area contributed by atoms with Gasteiger partial charge in [-0.05, 0) is 31.9 Å². The van der Waals surface area contributed by atoms with Crippen LogP contribution in [0.2, 0.25) is 0 Å². The maximum atomic E-state index is 12.7. The number of nitrogens with zero attached hydrogens (tertiary/aromatic N) is 2. The predicted octanol–water partition coefficient (Wildman–Crippen LogP) is -0.892. The number of aliphatic carboxylic acids is 1. The number of carboxylic acid groups (broad SMARTS) is 1. The van der Waals surface area contributed by atoms with E-state index in [2.05, 4.69) is 15.8 Å². The highest BCUT2D eigenvalue weighted by Crippen LogP contribution is 2.15. The zero-order valence-electron chi connectivity index (χ0n) is 17.6. The number of hydrogen-bond donors (Lipinski definition) is 5. The second kappa shape index (κ2) is 11.6. The summed E-state index contributed by atoms with van der Waals surface area (Å²) >= 11 is 0. The Morgan fingerprint density at radius 3 is 2.34 bits per heavy atom. The fourth-order valence-corrected chi connectivity index (χ4v) is 3.13. The number of amidine groups is 1. The fourth-order valence-electron chi connectivity index (χ4n) is 3.13. The molecule has 0 unspecified atom stereocenters. The molecule has 12 heteroatoms. The van der Waals surface area contributed by atoms with Crippen molar-refractivity contribution >= 4 is 29.5 Å². The Balaban J connectivity index is 1.77. The maximum Gasteiger partial charge on any atom is 0.322 e. The lowest BCUT2D eigenvalue weighted by atomic mass is 10.1. The number of nitrogens with two attached hydrogens (primary N) is 1. The first kappa shape index (κ1) is 24.6. The summed E-state index contributed by atoms with van der Waals surface area (Å²) in [5.74, 6) is -2.38. The van der Waals surface area contributed by atoms with E-state index < -0.39 is 30.4 Å². The molecule has 3 amide bonds. The molecule has 1 fully saturated rings. The van der Waals surface area contributed by atoms with Gasteiger partial charge in [0.05, 0.1) is 6.10 Å². The van der Waals surface area contributed by atoms with Crippen molar-refractivity contribution in [3.63, 3.8) is 0 Å². The van der Waals surface area contributed by atoms with E-state index in [1.54, 1.807) is 11.8 Å². The lowest BCUT2D eigenvalue weighted by Crippen LogP contribution is -2.50. The van der Waals surface area contributed by atoms with Gasteiger partial charge in [-0.1, -0.05) is 17.3 Å². The minimum atomic E-state index is -1.13. The largest absolute Gasteiger partial charge is 0.480 e. The van der Waals surface area contributed by atoms with Crippen molar-refractivity contribution in [1.29, 1.82) is 0 Å². The molecule has 0 saturated carbocycles. The molecule has 1 aliphatic heterocycles. The maximum absolute atomic E-state index is 12.7. The van der Waals surface area contributed by atoms with Crippen molar-refractivity contribution in [2.75, 3.05) is 26.2 Å². The van der Waals surface area contributed by atoms with Crippen molar-refractivity contribution in [2.24, 2.45) is 10.9 Å². The normalized spacial score (nSPS) is 15.7. The number of amides is 3. The van der Waals surface area contributed by atoms with Gasteiger partial charge < -0.3 is 36.3 Å². The molecule has 2 rings (SSSR count). The molecule has 1 atom stereocenters. The number of piperidine rings is 1. The Morgan fingerprint density at radius 1 is 1.19 bits per heavy atom. The van der Waals surface area contributed by atoms with Gasteiger partial charge in [-0.25, -0.2) is 0 Å². The Labute approximate surface area is 184 Å². The molecular formula is C20H27N5O7. The van der Waals surface area contributed by atoms with Gasteiger partial charge in [-0.3, -0.25) is 19.2 Å². The minimum absolute atomic E-state index is 0.0752. The molecule has 0 spiro atoms. The number of carbonyl (C=O) groups excluding carboxylic acids is 3. The predicted molar refractivity (Wildman–Crippen MR) is 112 cm³/mol. The quantitative estimate of drug-likeness (QED) is 0.139. The number of hydrogen-bond acceptors (Lipinski definition) is 7. The number of benzene rings is 1. The molecule has 1 aliphatic rings. The Bertz CT molecular complexity index is 864. The third-order valence-corrected chi connectivity index (χ3v) is 4.91. The molecule has 0 aromatic heterocycles. The third-order valence-electron chi connectivity index (χ3n) is 4.91. The average Bonchev–Trinajstić information content (AvgIpc) is 2.80. The van der Waals surface area contributed by atoms with Crippen LogP contribution < -0.4 is 16.4 Å². The molecule has 12 nitrogen and oxygen atoms in total. The van der Waals surface area contributed by atoms with Gasteiger partial charge in [0.15, 0.2) is 5.84 Å². The van der Waals surface area contributed by atoms with E-state index in [1.807, 2.05) is 0 Å². The number of ether oxygens (including phenoxy) is 1. The number of nitrogens with one attached hydrogen (secondary N) is 2. The van der Waals surface area contributed by atoms with Gasteiger partial charge in [-0.2, -0.15) is 0 Å². The molecule has 1 aromatic rings. The summed E-state index contributed by atoms with van der Waals surface area (Å²) in [5, 5.41) is 25.0. The summed E-state index contributed by atoms with van der Waals surface area (Å²) in [4.78, 5) is 48.6. The number of likely N-dealkylation sites (tertiary alicyclic amines) is 1. The van der Waals surface area contributed by atoms with Crippen LogP contribution in [0.4, 0.5) is 0 Å². The number of rotatable bonds is 9. The van der Waals surface area contributed by atoms with E-state index in [1.165, 1.54) is 24.3 Å². The van der Waals surface area contributed by atoms with Crippen LogP contribution in [0.5, 0.6) is 0 Å². The van der Waals surface area contributed by atoms with Gasteiger partial charge >= 0.3 is 5.97 Å². The topological polar surface area (TPSA) is 184 Å². The van der Waals surface area contributed by atoms with Gasteiger partial charge in [0.1, 0.15) is 19.2 Å². The lowest BCUT2D eigenvalue weighted by Gasteiger charge is -2.33. The van der Waals surface area contributed by atoms with Crippen LogP contribution in [-0.4, -0.2) is 83.1 Å². The van der Waals surface area contributed by atoms with E-state index in [0.29, 0.717) is 37.1 Å². The third kappa shape index (κ3) is 7.23. The molecule has 0 aliphatic carbocycles. The smallest absolute Gasteiger partial charge is 0.322 e. The van der Waals surface area contributed by atoms with Gasteiger partial charge in [-0.15, -0.1) is 0 Å². The van der Waals surface area contributed by atoms with Crippen LogP contribution in [0, 0.1) is 0 Å². The SMILES string of the molecule is C[C@H](NC(=O)c1ccc(/C(N)=N/O)cc1)C(=O)N1CCC(OCC(=O)NCC(=O)O)CC1. The Kier molecular flexibility index (Phi) is 8.95. The molecule has 0 bridgehead atoms. The number of carbonyl (C=O) groups is 4. The average molecular weight is 449 g/mol. The van der Waals surface area contributed by atoms with E-state index in [0.717, 1.165) is 0 Å². The van der Waals surface area contributed by atoms with E-state index in [9.17, 15) is 19.2 Å². The monoisotopic (exact) mass is 449 g/mol. The van der Waals surface area contributed by atoms with Crippen molar-refractivity contribution in [3.05, 3.63) is 35.4 Å². The van der Waals surface area contributed by atoms with Crippen LogP contribution in [0.15, 0.2) is 29.4 Å². The fraction of sp³-hybridized carbons (Fsp3) is 0.450. The zero-order chi connectivity index (χ0) is 23.7. The molecule has 1 heterocycles. The summed E-state index contributed by atoms with van der Waals surface area (Å²) in [7, 11) is 0. The second-order valence-corrected chi connectivity index (χ2v) is 7.26. The van der Waals surface area contributed by atoms with Crippen molar-refractivity contribution < 1.29 is 34.2 Å². The van der Waals surface area contributed by atoms with Gasteiger partial charge in [0.2, 0.25) is 11.8 Å². The molecule has 0 radical (unpaired) electrons. The molecule has 6 N–H and O–H groups in total. The molecular weight excluding hydrogens is 422 g/mol. The van der Waals surface area contributed by atoms with Crippen LogP contribution >= 0.6 is 0 Å². The zero-order valence-corrected chi connectivity index (χ0v) is 17.6. The highest BCUT2D eigenvalue weighted by molar-refractivity contribution is 6.00. The second-order valence-electron chi connectivity index (χ2n) is 7.26. The lowest BCUT2D eigenvalue weighted by molar-refractivity contribution is -0.140. The Morgan fingerprint density at radius 2 is 1.78 bits per heavy atom. The summed E-state index contributed by atoms with van der Waals surface area (Å²) in [6.45, 7) is 1.71. The summed E-state index contributed by atoms with van der Waals surface area (Å²) < 4.78 is 5.48. The van der Waals surface area contributed by atoms with E-state index in [-0.39, 0.29) is 24.5 Å². The summed E-state index contributed by atoms with van der Waals surface area (Å²) in [6, 6.07) is 5.34. The Hall–Kier alpha value is -3.67.